The van der Waals surface area contributed by atoms with E-state index in [9.17, 15) is 10.1 Å². The Bertz CT molecular complexity index is 523. The number of nitro benzene ring substituents is 1. The summed E-state index contributed by atoms with van der Waals surface area (Å²) in [4.78, 5) is 12.8. The minimum atomic E-state index is -0.423. The van der Waals surface area contributed by atoms with Gasteiger partial charge in [-0.2, -0.15) is 0 Å². The fraction of sp³-hybridized carbons (Fsp3) is 0.571. The summed E-state index contributed by atoms with van der Waals surface area (Å²) in [6, 6.07) is 5.61. The second-order valence-corrected chi connectivity index (χ2v) is 5.97. The Hall–Kier alpha value is -1.33. The van der Waals surface area contributed by atoms with Gasteiger partial charge in [0.2, 0.25) is 0 Å². The van der Waals surface area contributed by atoms with Gasteiger partial charge in [0.1, 0.15) is 0 Å². The molecule has 2 heterocycles. The van der Waals surface area contributed by atoms with Crippen LogP contribution in [0.3, 0.4) is 0 Å². The van der Waals surface area contributed by atoms with Crippen LogP contribution in [0, 0.1) is 10.1 Å². The van der Waals surface area contributed by atoms with Crippen molar-refractivity contribution in [3.8, 4) is 0 Å². The van der Waals surface area contributed by atoms with Gasteiger partial charge in [0.15, 0.2) is 0 Å². The Balaban J connectivity index is 1.73. The molecule has 0 saturated carbocycles. The van der Waals surface area contributed by atoms with E-state index in [-0.39, 0.29) is 5.69 Å². The molecule has 0 radical (unpaired) electrons. The van der Waals surface area contributed by atoms with Gasteiger partial charge in [-0.1, -0.05) is 18.0 Å². The third-order valence-electron chi connectivity index (χ3n) is 4.36. The average molecular weight is 296 g/mol. The Labute approximate surface area is 123 Å². The van der Waals surface area contributed by atoms with E-state index in [4.69, 9.17) is 11.6 Å². The molecule has 0 unspecified atom stereocenters. The number of nitrogens with one attached hydrogen (secondary N) is 1. The van der Waals surface area contributed by atoms with Crippen molar-refractivity contribution in [3.63, 3.8) is 0 Å². The minimum absolute atomic E-state index is 0.0336. The van der Waals surface area contributed by atoms with Crippen molar-refractivity contribution in [2.45, 2.75) is 37.8 Å². The van der Waals surface area contributed by atoms with Crippen molar-refractivity contribution >= 4 is 23.0 Å². The number of anilines is 1. The number of halogens is 1. The van der Waals surface area contributed by atoms with Crippen molar-refractivity contribution < 1.29 is 4.92 Å². The fourth-order valence-electron chi connectivity index (χ4n) is 3.35. The standard InChI is InChI=1S/C14H18ClN3O2/c15-11-9-10(18(19)20)4-5-12(11)16-13-6-8-17-7-2-1-3-14(13)17/h4-5,9,13-14,16H,1-3,6-8H2/t13-,14-/m1/s1. The molecule has 2 atom stereocenters. The summed E-state index contributed by atoms with van der Waals surface area (Å²) in [6.45, 7) is 2.32. The Morgan fingerprint density at radius 1 is 1.30 bits per heavy atom. The predicted molar refractivity (Wildman–Crippen MR) is 79.3 cm³/mol. The maximum absolute atomic E-state index is 10.7. The lowest BCUT2D eigenvalue weighted by Crippen LogP contribution is -2.41. The van der Waals surface area contributed by atoms with E-state index in [1.54, 1.807) is 6.07 Å². The van der Waals surface area contributed by atoms with E-state index in [2.05, 4.69) is 10.2 Å². The van der Waals surface area contributed by atoms with Gasteiger partial charge in [-0.25, -0.2) is 0 Å². The molecule has 3 rings (SSSR count). The number of hydrogen-bond donors (Lipinski definition) is 1. The molecule has 6 heteroatoms. The highest BCUT2D eigenvalue weighted by Gasteiger charge is 2.35. The van der Waals surface area contributed by atoms with Crippen LogP contribution in [0.5, 0.6) is 0 Å². The van der Waals surface area contributed by atoms with E-state index < -0.39 is 4.92 Å². The highest BCUT2D eigenvalue weighted by atomic mass is 35.5. The molecule has 2 saturated heterocycles. The first-order valence-electron chi connectivity index (χ1n) is 7.09. The summed E-state index contributed by atoms with van der Waals surface area (Å²) in [6.07, 6.45) is 4.91. The van der Waals surface area contributed by atoms with Crippen LogP contribution in [0.15, 0.2) is 18.2 Å². The fourth-order valence-corrected chi connectivity index (χ4v) is 3.58. The van der Waals surface area contributed by atoms with Crippen LogP contribution in [0.2, 0.25) is 5.02 Å². The molecule has 0 spiro atoms. The van der Waals surface area contributed by atoms with Crippen molar-refractivity contribution in [1.29, 1.82) is 0 Å². The second kappa shape index (κ2) is 5.58. The highest BCUT2D eigenvalue weighted by Crippen LogP contribution is 2.32. The number of non-ortho nitro benzene ring substituents is 1. The number of nitro groups is 1. The molecule has 0 bridgehead atoms. The molecule has 5 nitrogen and oxygen atoms in total. The number of hydrogen-bond acceptors (Lipinski definition) is 4. The quantitative estimate of drug-likeness (QED) is 0.687. The lowest BCUT2D eigenvalue weighted by molar-refractivity contribution is -0.384. The van der Waals surface area contributed by atoms with Crippen LogP contribution in [-0.4, -0.2) is 35.0 Å². The SMILES string of the molecule is O=[N+]([O-])c1ccc(N[C@@H]2CCN3CCCC[C@H]23)c(Cl)c1. The van der Waals surface area contributed by atoms with Gasteiger partial charge in [-0.05, 0) is 31.9 Å². The molecule has 1 aromatic rings. The Morgan fingerprint density at radius 3 is 2.90 bits per heavy atom. The summed E-state index contributed by atoms with van der Waals surface area (Å²) in [7, 11) is 0. The summed E-state index contributed by atoms with van der Waals surface area (Å²) in [5, 5.41) is 14.6. The van der Waals surface area contributed by atoms with E-state index in [1.165, 1.54) is 37.9 Å². The summed E-state index contributed by atoms with van der Waals surface area (Å²) in [5.41, 5.74) is 0.834. The number of piperidine rings is 1. The number of rotatable bonds is 3. The summed E-state index contributed by atoms with van der Waals surface area (Å²) >= 11 is 6.15. The Kier molecular flexibility index (Phi) is 3.81. The molecule has 2 aliphatic rings. The molecule has 0 aliphatic carbocycles. The zero-order chi connectivity index (χ0) is 14.1. The molecule has 108 valence electrons. The van der Waals surface area contributed by atoms with Crippen LogP contribution in [0.25, 0.3) is 0 Å². The number of benzene rings is 1. The van der Waals surface area contributed by atoms with Gasteiger partial charge in [-0.3, -0.25) is 15.0 Å². The van der Waals surface area contributed by atoms with Crippen LogP contribution in [-0.2, 0) is 0 Å². The van der Waals surface area contributed by atoms with E-state index in [0.29, 0.717) is 17.1 Å². The van der Waals surface area contributed by atoms with Crippen LogP contribution in [0.4, 0.5) is 11.4 Å². The second-order valence-electron chi connectivity index (χ2n) is 5.56. The maximum Gasteiger partial charge on any atom is 0.271 e. The first-order valence-corrected chi connectivity index (χ1v) is 7.47. The van der Waals surface area contributed by atoms with Gasteiger partial charge in [0.05, 0.1) is 15.6 Å². The van der Waals surface area contributed by atoms with Crippen molar-refractivity contribution in [2.75, 3.05) is 18.4 Å². The lowest BCUT2D eigenvalue weighted by atomic mass is 9.99. The summed E-state index contributed by atoms with van der Waals surface area (Å²) < 4.78 is 0. The number of fused-ring (bicyclic) bond motifs is 1. The first kappa shape index (κ1) is 13.6. The predicted octanol–water partition coefficient (Wildman–Crippen LogP) is 3.29. The van der Waals surface area contributed by atoms with Crippen molar-refractivity contribution in [3.05, 3.63) is 33.3 Å². The maximum atomic E-state index is 10.7. The molecule has 1 aromatic carbocycles. The highest BCUT2D eigenvalue weighted by molar-refractivity contribution is 6.33. The average Bonchev–Trinajstić information content (AvgIpc) is 2.84. The van der Waals surface area contributed by atoms with Gasteiger partial charge in [-0.15, -0.1) is 0 Å². The number of nitrogens with zero attached hydrogens (tertiary/aromatic N) is 2. The monoisotopic (exact) mass is 295 g/mol. The van der Waals surface area contributed by atoms with Gasteiger partial charge in [0.25, 0.3) is 5.69 Å². The minimum Gasteiger partial charge on any atom is -0.379 e. The first-order chi connectivity index (χ1) is 9.65. The van der Waals surface area contributed by atoms with Crippen LogP contribution < -0.4 is 5.32 Å². The van der Waals surface area contributed by atoms with Gasteiger partial charge >= 0.3 is 0 Å². The molecule has 0 aromatic heterocycles. The largest absolute Gasteiger partial charge is 0.379 e. The third-order valence-corrected chi connectivity index (χ3v) is 4.67. The molecule has 0 amide bonds. The smallest absolute Gasteiger partial charge is 0.271 e. The van der Waals surface area contributed by atoms with E-state index >= 15 is 0 Å². The van der Waals surface area contributed by atoms with Gasteiger partial charge in [0, 0.05) is 30.8 Å². The van der Waals surface area contributed by atoms with E-state index in [1.807, 2.05) is 0 Å². The Morgan fingerprint density at radius 2 is 2.15 bits per heavy atom. The molecule has 2 aliphatic heterocycles. The molecule has 20 heavy (non-hydrogen) atoms. The summed E-state index contributed by atoms with van der Waals surface area (Å²) in [5.74, 6) is 0. The lowest BCUT2D eigenvalue weighted by Gasteiger charge is -2.33. The van der Waals surface area contributed by atoms with Crippen molar-refractivity contribution in [1.82, 2.24) is 4.90 Å². The normalized spacial score (nSPS) is 26.2. The van der Waals surface area contributed by atoms with Crippen LogP contribution in [0.1, 0.15) is 25.7 Å². The van der Waals surface area contributed by atoms with Crippen molar-refractivity contribution in [2.24, 2.45) is 0 Å². The molecular weight excluding hydrogens is 278 g/mol. The van der Waals surface area contributed by atoms with Gasteiger partial charge < -0.3 is 5.32 Å². The molecule has 2 fully saturated rings. The third kappa shape index (κ3) is 2.60. The molecular formula is C14H18ClN3O2. The van der Waals surface area contributed by atoms with E-state index in [0.717, 1.165) is 18.7 Å². The topological polar surface area (TPSA) is 58.4 Å². The molecule has 1 N–H and O–H groups in total. The zero-order valence-electron chi connectivity index (χ0n) is 11.2. The zero-order valence-corrected chi connectivity index (χ0v) is 12.0. The van der Waals surface area contributed by atoms with Crippen LogP contribution >= 0.6 is 11.6 Å².